The molecular formula is C31H37O15P. The van der Waals surface area contributed by atoms with Crippen molar-refractivity contribution in [3.8, 4) is 0 Å². The van der Waals surface area contributed by atoms with Crippen LogP contribution in [0.15, 0.2) is 60.7 Å². The Bertz CT molecular complexity index is 1370. The Morgan fingerprint density at radius 3 is 1.51 bits per heavy atom. The van der Waals surface area contributed by atoms with E-state index >= 15 is 0 Å². The van der Waals surface area contributed by atoms with Crippen molar-refractivity contribution in [1.29, 1.82) is 0 Å². The van der Waals surface area contributed by atoms with Gasteiger partial charge < -0.3 is 28.4 Å². The molecule has 2 aromatic rings. The van der Waals surface area contributed by atoms with Gasteiger partial charge in [0.2, 0.25) is 12.4 Å². The SMILES string of the molecule is CC(=O)OC1C(OC(C)=O)[C@H](OC(C)=O)C([C@@H](COP(=O)(OCc2ccccc2)OCc2ccccc2)OC(C)=O)O[C@@H]1OC(C)=O. The van der Waals surface area contributed by atoms with Gasteiger partial charge in [-0.25, -0.2) is 4.57 Å². The average Bonchev–Trinajstić information content (AvgIpc) is 3.00. The number of phosphoric ester groups is 1. The molecule has 3 rings (SSSR count). The molecule has 1 aliphatic rings. The highest BCUT2D eigenvalue weighted by molar-refractivity contribution is 7.48. The minimum Gasteiger partial charge on any atom is -0.457 e. The van der Waals surface area contributed by atoms with Crippen LogP contribution in [0.25, 0.3) is 0 Å². The second-order valence-electron chi connectivity index (χ2n) is 10.2. The van der Waals surface area contributed by atoms with Crippen molar-refractivity contribution < 1.29 is 70.5 Å². The zero-order valence-corrected chi connectivity index (χ0v) is 27.3. The summed E-state index contributed by atoms with van der Waals surface area (Å²) in [5.41, 5.74) is 1.29. The topological polar surface area (TPSA) is 185 Å². The molecule has 3 unspecified atom stereocenters. The molecule has 1 aliphatic heterocycles. The fourth-order valence-corrected chi connectivity index (χ4v) is 5.67. The largest absolute Gasteiger partial charge is 0.475 e. The first kappa shape index (κ1) is 37.3. The van der Waals surface area contributed by atoms with E-state index in [2.05, 4.69) is 0 Å². The second-order valence-corrected chi connectivity index (χ2v) is 11.9. The van der Waals surface area contributed by atoms with Crippen LogP contribution in [0.3, 0.4) is 0 Å². The van der Waals surface area contributed by atoms with Gasteiger partial charge in [-0.05, 0) is 11.1 Å². The maximum absolute atomic E-state index is 14.0. The number of esters is 5. The molecule has 1 fully saturated rings. The van der Waals surface area contributed by atoms with Crippen molar-refractivity contribution in [2.75, 3.05) is 6.61 Å². The summed E-state index contributed by atoms with van der Waals surface area (Å²) in [5, 5.41) is 0. The Morgan fingerprint density at radius 1 is 0.617 bits per heavy atom. The van der Waals surface area contributed by atoms with Gasteiger partial charge in [-0.2, -0.15) is 0 Å². The summed E-state index contributed by atoms with van der Waals surface area (Å²) in [6.45, 7) is 4.10. The number of benzene rings is 2. The number of hydrogen-bond donors (Lipinski definition) is 0. The van der Waals surface area contributed by atoms with Crippen LogP contribution < -0.4 is 0 Å². The predicted molar refractivity (Wildman–Crippen MR) is 159 cm³/mol. The number of ether oxygens (including phenoxy) is 6. The summed E-state index contributed by atoms with van der Waals surface area (Å²) >= 11 is 0. The van der Waals surface area contributed by atoms with E-state index in [1.54, 1.807) is 60.7 Å². The molecule has 0 N–H and O–H groups in total. The van der Waals surface area contributed by atoms with Crippen molar-refractivity contribution in [2.45, 2.75) is 84.6 Å². The van der Waals surface area contributed by atoms with Crippen LogP contribution in [0.4, 0.5) is 0 Å². The summed E-state index contributed by atoms with van der Waals surface area (Å²) < 4.78 is 63.6. The third-order valence-electron chi connectivity index (χ3n) is 6.26. The number of rotatable bonds is 15. The molecule has 256 valence electrons. The summed E-state index contributed by atoms with van der Waals surface area (Å²) in [5.74, 6) is -4.41. The number of hydrogen-bond acceptors (Lipinski definition) is 15. The molecule has 6 atom stereocenters. The molecule has 0 radical (unpaired) electrons. The Hall–Kier alpha value is -4.14. The minimum absolute atomic E-state index is 0.186. The lowest BCUT2D eigenvalue weighted by atomic mass is 9.94. The van der Waals surface area contributed by atoms with E-state index in [9.17, 15) is 28.5 Å². The Kier molecular flexibility index (Phi) is 14.0. The fraction of sp³-hybridized carbons (Fsp3) is 0.452. The molecule has 1 saturated heterocycles. The van der Waals surface area contributed by atoms with Gasteiger partial charge in [0, 0.05) is 34.6 Å². The smallest absolute Gasteiger partial charge is 0.457 e. The van der Waals surface area contributed by atoms with E-state index in [0.717, 1.165) is 34.6 Å². The van der Waals surface area contributed by atoms with Crippen LogP contribution in [-0.4, -0.2) is 73.3 Å². The Labute approximate surface area is 271 Å². The van der Waals surface area contributed by atoms with E-state index in [1.807, 2.05) is 0 Å². The molecule has 0 aromatic heterocycles. The van der Waals surface area contributed by atoms with Gasteiger partial charge >= 0.3 is 37.7 Å². The maximum Gasteiger partial charge on any atom is 0.475 e. The van der Waals surface area contributed by atoms with Crippen molar-refractivity contribution in [2.24, 2.45) is 0 Å². The van der Waals surface area contributed by atoms with Crippen LogP contribution in [0, 0.1) is 0 Å². The van der Waals surface area contributed by atoms with Crippen LogP contribution in [0.1, 0.15) is 45.7 Å². The predicted octanol–water partition coefficient (Wildman–Crippen LogP) is 3.56. The van der Waals surface area contributed by atoms with Gasteiger partial charge in [0.25, 0.3) is 0 Å². The maximum atomic E-state index is 14.0. The lowest BCUT2D eigenvalue weighted by Gasteiger charge is -2.45. The van der Waals surface area contributed by atoms with Crippen LogP contribution >= 0.6 is 7.82 Å². The molecule has 0 saturated carbocycles. The number of carbonyl (C=O) groups is 5. The summed E-state index contributed by atoms with van der Waals surface area (Å²) in [6.07, 6.45) is -9.81. The van der Waals surface area contributed by atoms with Gasteiger partial charge in [-0.1, -0.05) is 60.7 Å². The fourth-order valence-electron chi connectivity index (χ4n) is 4.50. The third kappa shape index (κ3) is 12.2. The van der Waals surface area contributed by atoms with Crippen molar-refractivity contribution in [3.05, 3.63) is 71.8 Å². The first-order valence-corrected chi connectivity index (χ1v) is 15.9. The zero-order valence-electron chi connectivity index (χ0n) is 26.4. The van der Waals surface area contributed by atoms with Gasteiger partial charge in [0.15, 0.2) is 18.3 Å². The quantitative estimate of drug-likeness (QED) is 0.151. The van der Waals surface area contributed by atoms with Crippen molar-refractivity contribution in [3.63, 3.8) is 0 Å². The van der Waals surface area contributed by atoms with Crippen LogP contribution in [-0.2, 0) is 83.7 Å². The van der Waals surface area contributed by atoms with Gasteiger partial charge in [-0.3, -0.25) is 37.5 Å². The van der Waals surface area contributed by atoms with E-state index in [1.165, 1.54) is 0 Å². The number of carbonyl (C=O) groups excluding carboxylic acids is 5. The van der Waals surface area contributed by atoms with E-state index < -0.39 is 81.1 Å². The first-order valence-electron chi connectivity index (χ1n) is 14.4. The van der Waals surface area contributed by atoms with Crippen molar-refractivity contribution in [1.82, 2.24) is 0 Å². The molecule has 0 aliphatic carbocycles. The van der Waals surface area contributed by atoms with Crippen LogP contribution in [0.5, 0.6) is 0 Å². The third-order valence-corrected chi connectivity index (χ3v) is 7.62. The summed E-state index contributed by atoms with van der Waals surface area (Å²) in [7, 11) is -4.45. The normalized spacial score (nSPS) is 21.5. The van der Waals surface area contributed by atoms with E-state index in [0.29, 0.717) is 11.1 Å². The monoisotopic (exact) mass is 680 g/mol. The average molecular weight is 681 g/mol. The molecule has 0 spiro atoms. The highest BCUT2D eigenvalue weighted by Crippen LogP contribution is 2.51. The lowest BCUT2D eigenvalue weighted by Crippen LogP contribution is -2.65. The Morgan fingerprint density at radius 2 is 1.06 bits per heavy atom. The lowest BCUT2D eigenvalue weighted by molar-refractivity contribution is -0.309. The molecular weight excluding hydrogens is 643 g/mol. The van der Waals surface area contributed by atoms with E-state index in [-0.39, 0.29) is 13.2 Å². The minimum atomic E-state index is -4.45. The standard InChI is InChI=1S/C31H37O15P/c1-19(32)41-26(18-40-47(37,38-16-24-12-8-6-9-13-24)39-17-25-14-10-7-11-15-25)27-28(42-20(2)33)29(43-21(3)34)30(44-22(4)35)31(46-27)45-23(5)36/h6-15,26-31H,16-18H2,1-5H3/t26-,27?,28-,29?,30?,31+/m1/s1. The zero-order chi connectivity index (χ0) is 34.6. The molecule has 47 heavy (non-hydrogen) atoms. The van der Waals surface area contributed by atoms with Gasteiger partial charge in [-0.15, -0.1) is 0 Å². The highest BCUT2D eigenvalue weighted by atomic mass is 31.2. The second kappa shape index (κ2) is 17.7. The molecule has 16 heteroatoms. The Balaban J connectivity index is 1.98. The molecule has 15 nitrogen and oxygen atoms in total. The molecule has 2 aromatic carbocycles. The number of phosphoric acid groups is 1. The first-order chi connectivity index (χ1) is 22.3. The summed E-state index contributed by atoms with van der Waals surface area (Å²) in [4.78, 5) is 60.7. The molecule has 0 bridgehead atoms. The van der Waals surface area contributed by atoms with Crippen LogP contribution in [0.2, 0.25) is 0 Å². The summed E-state index contributed by atoms with van der Waals surface area (Å²) in [6, 6.07) is 17.5. The highest BCUT2D eigenvalue weighted by Gasteiger charge is 2.56. The van der Waals surface area contributed by atoms with E-state index in [4.69, 9.17) is 42.0 Å². The van der Waals surface area contributed by atoms with Crippen molar-refractivity contribution >= 4 is 37.7 Å². The van der Waals surface area contributed by atoms with Gasteiger partial charge in [0.05, 0.1) is 19.8 Å². The van der Waals surface area contributed by atoms with Gasteiger partial charge in [0.1, 0.15) is 6.10 Å². The molecule has 1 heterocycles. The molecule has 0 amide bonds.